The third-order valence-electron chi connectivity index (χ3n) is 8.03. The number of rotatable bonds is 6. The van der Waals surface area contributed by atoms with Gasteiger partial charge in [-0.15, -0.1) is 0 Å². The normalized spacial score (nSPS) is 26.9. The van der Waals surface area contributed by atoms with Gasteiger partial charge in [0.1, 0.15) is 59.6 Å². The lowest BCUT2D eigenvalue weighted by Gasteiger charge is -2.43. The Morgan fingerprint density at radius 1 is 1.02 bits per heavy atom. The van der Waals surface area contributed by atoms with Gasteiger partial charge in [-0.3, -0.25) is 4.79 Å². The second kappa shape index (κ2) is 10.2. The predicted molar refractivity (Wildman–Crippen MR) is 142 cm³/mol. The summed E-state index contributed by atoms with van der Waals surface area (Å²) in [6, 6.07) is 6.86. The molecule has 220 valence electrons. The van der Waals surface area contributed by atoms with E-state index in [2.05, 4.69) is 0 Å². The summed E-state index contributed by atoms with van der Waals surface area (Å²) in [5, 5.41) is 40.6. The molecule has 41 heavy (non-hydrogen) atoms. The molecule has 0 spiro atoms. The van der Waals surface area contributed by atoms with Crippen LogP contribution in [-0.4, -0.2) is 83.7 Å². The highest BCUT2D eigenvalue weighted by molar-refractivity contribution is 5.89. The van der Waals surface area contributed by atoms with Gasteiger partial charge in [0.2, 0.25) is 5.43 Å². The van der Waals surface area contributed by atoms with E-state index >= 15 is 0 Å². The first-order valence-electron chi connectivity index (χ1n) is 13.2. The Morgan fingerprint density at radius 3 is 2.46 bits per heavy atom. The Bertz CT molecular complexity index is 1540. The minimum atomic E-state index is -1.57. The molecule has 0 bridgehead atoms. The highest BCUT2D eigenvalue weighted by atomic mass is 16.7. The Hall–Kier alpha value is -3.39. The molecule has 0 aliphatic carbocycles. The summed E-state index contributed by atoms with van der Waals surface area (Å²) in [4.78, 5) is 13.8. The number of benzene rings is 2. The van der Waals surface area contributed by atoms with Crippen LogP contribution in [0.5, 0.6) is 23.2 Å². The van der Waals surface area contributed by atoms with Crippen molar-refractivity contribution in [1.82, 2.24) is 0 Å². The molecule has 12 nitrogen and oxygen atoms in total. The fraction of sp³-hybridized carbons (Fsp3) is 0.483. The molecule has 1 saturated heterocycles. The zero-order valence-corrected chi connectivity index (χ0v) is 22.9. The van der Waals surface area contributed by atoms with Crippen molar-refractivity contribution in [3.8, 4) is 34.3 Å². The lowest BCUT2D eigenvalue weighted by molar-refractivity contribution is -0.329. The quantitative estimate of drug-likeness (QED) is 0.335. The Kier molecular flexibility index (Phi) is 6.88. The summed E-state index contributed by atoms with van der Waals surface area (Å²) >= 11 is 0. The summed E-state index contributed by atoms with van der Waals surface area (Å²) in [6.07, 6.45) is -7.37. The zero-order valence-electron chi connectivity index (χ0n) is 22.9. The fourth-order valence-corrected chi connectivity index (χ4v) is 5.64. The monoisotopic (exact) mass is 572 g/mol. The number of hydrogen-bond donors (Lipinski definition) is 4. The van der Waals surface area contributed by atoms with Crippen LogP contribution in [0, 0.1) is 0 Å². The van der Waals surface area contributed by atoms with Crippen molar-refractivity contribution >= 4 is 11.0 Å². The number of aliphatic hydroxyl groups is 4. The van der Waals surface area contributed by atoms with Gasteiger partial charge in [0.15, 0.2) is 17.8 Å². The maximum absolute atomic E-state index is 13.8. The fourth-order valence-electron chi connectivity index (χ4n) is 5.64. The second-order valence-electron chi connectivity index (χ2n) is 10.9. The first kappa shape index (κ1) is 27.8. The highest BCUT2D eigenvalue weighted by Crippen LogP contribution is 2.45. The van der Waals surface area contributed by atoms with Crippen LogP contribution < -0.4 is 24.4 Å². The number of aliphatic hydroxyl groups excluding tert-OH is 4. The number of fused-ring (bicyclic) bond motifs is 6. The molecule has 1 fully saturated rings. The van der Waals surface area contributed by atoms with Gasteiger partial charge in [-0.25, -0.2) is 0 Å². The van der Waals surface area contributed by atoms with E-state index < -0.39 is 49.0 Å². The van der Waals surface area contributed by atoms with E-state index in [1.807, 2.05) is 0 Å². The van der Waals surface area contributed by atoms with Gasteiger partial charge in [0, 0.05) is 23.1 Å². The molecule has 0 radical (unpaired) electrons. The molecule has 0 amide bonds. The average molecular weight is 573 g/mol. The Morgan fingerprint density at radius 2 is 1.76 bits per heavy atom. The molecule has 2 aromatic carbocycles. The average Bonchev–Trinajstić information content (AvgIpc) is 3.42. The molecule has 0 saturated carbocycles. The first-order chi connectivity index (χ1) is 19.6. The molecule has 3 aromatic rings. The van der Waals surface area contributed by atoms with Crippen molar-refractivity contribution in [2.75, 3.05) is 20.8 Å². The summed E-state index contributed by atoms with van der Waals surface area (Å²) in [7, 11) is 3.06. The maximum atomic E-state index is 13.8. The first-order valence-corrected chi connectivity index (χ1v) is 13.2. The third kappa shape index (κ3) is 4.42. The molecule has 3 aliphatic heterocycles. The van der Waals surface area contributed by atoms with Crippen LogP contribution in [0.25, 0.3) is 22.1 Å². The van der Waals surface area contributed by atoms with E-state index in [1.165, 1.54) is 14.2 Å². The van der Waals surface area contributed by atoms with E-state index in [0.29, 0.717) is 51.3 Å². The summed E-state index contributed by atoms with van der Waals surface area (Å²) in [6.45, 7) is 3.06. The van der Waals surface area contributed by atoms with Crippen molar-refractivity contribution in [1.29, 1.82) is 0 Å². The number of methoxy groups -OCH3 is 2. The molecular formula is C29H32O12. The minimum Gasteiger partial charge on any atom is -0.493 e. The van der Waals surface area contributed by atoms with E-state index in [1.54, 1.807) is 38.1 Å². The van der Waals surface area contributed by atoms with Gasteiger partial charge >= 0.3 is 0 Å². The lowest BCUT2D eigenvalue weighted by atomic mass is 9.94. The van der Waals surface area contributed by atoms with Gasteiger partial charge in [-0.05, 0) is 38.1 Å². The van der Waals surface area contributed by atoms with Crippen molar-refractivity contribution in [3.63, 3.8) is 0 Å². The second-order valence-corrected chi connectivity index (χ2v) is 10.9. The molecule has 4 heterocycles. The van der Waals surface area contributed by atoms with Gasteiger partial charge < -0.3 is 53.3 Å². The van der Waals surface area contributed by atoms with Crippen LogP contribution in [0.3, 0.4) is 0 Å². The van der Waals surface area contributed by atoms with Crippen LogP contribution in [0.2, 0.25) is 0 Å². The number of ether oxygens (including phenoxy) is 6. The SMILES string of the molecule is COc1cc2c(cc1OC)-c1c(oc3c4c(ccc3c1=O)OC(C(C)(C)OC1OC(CO)C(O)C(O)C1O)C4)OC2. The van der Waals surface area contributed by atoms with Gasteiger partial charge in [0.05, 0.1) is 26.2 Å². The van der Waals surface area contributed by atoms with Crippen LogP contribution in [0.15, 0.2) is 33.5 Å². The summed E-state index contributed by atoms with van der Waals surface area (Å²) < 4.78 is 40.7. The van der Waals surface area contributed by atoms with Gasteiger partial charge in [-0.2, -0.15) is 0 Å². The molecular weight excluding hydrogens is 540 g/mol. The topological polar surface area (TPSA) is 167 Å². The smallest absolute Gasteiger partial charge is 0.297 e. The summed E-state index contributed by atoms with van der Waals surface area (Å²) in [5.41, 5.74) is 1.33. The minimum absolute atomic E-state index is 0.0934. The number of hydrogen-bond acceptors (Lipinski definition) is 12. The predicted octanol–water partition coefficient (Wildman–Crippen LogP) is 1.27. The van der Waals surface area contributed by atoms with E-state index in [0.717, 1.165) is 5.56 Å². The van der Waals surface area contributed by atoms with Crippen LogP contribution in [0.1, 0.15) is 25.0 Å². The molecule has 12 heteroatoms. The van der Waals surface area contributed by atoms with Gasteiger partial charge in [-0.1, -0.05) is 0 Å². The Balaban J connectivity index is 1.32. The molecule has 4 N–H and O–H groups in total. The zero-order chi connectivity index (χ0) is 29.2. The van der Waals surface area contributed by atoms with Crippen molar-refractivity contribution in [2.24, 2.45) is 0 Å². The van der Waals surface area contributed by atoms with Gasteiger partial charge in [0.25, 0.3) is 5.95 Å². The standard InChI is InChI=1S/C29H32O12/c1-29(2,41-28-25(34)24(33)23(32)19(10-30)39-28)20-9-15-16(38-20)6-5-13-22(31)21-14-8-18(36-4)17(35-3)7-12(14)11-37-27(21)40-26(13)15/h5-8,19-20,23-25,28,30,32-34H,9-11H2,1-4H3. The lowest BCUT2D eigenvalue weighted by Crippen LogP contribution is -2.61. The highest BCUT2D eigenvalue weighted by Gasteiger charge is 2.48. The van der Waals surface area contributed by atoms with Crippen molar-refractivity contribution in [2.45, 2.75) is 69.3 Å². The van der Waals surface area contributed by atoms with E-state index in [9.17, 15) is 25.2 Å². The molecule has 1 aromatic heterocycles. The summed E-state index contributed by atoms with van der Waals surface area (Å²) in [5.74, 6) is 1.60. The molecule has 3 aliphatic rings. The van der Waals surface area contributed by atoms with Crippen LogP contribution in [-0.2, 0) is 22.5 Å². The van der Waals surface area contributed by atoms with Crippen molar-refractivity contribution in [3.05, 3.63) is 45.6 Å². The van der Waals surface area contributed by atoms with E-state index in [-0.39, 0.29) is 18.0 Å². The molecule has 6 unspecified atom stereocenters. The maximum Gasteiger partial charge on any atom is 0.297 e. The molecule has 6 rings (SSSR count). The Labute approximate surface area is 234 Å². The molecule has 6 atom stereocenters. The van der Waals surface area contributed by atoms with E-state index in [4.69, 9.17) is 32.8 Å². The largest absolute Gasteiger partial charge is 0.493 e. The third-order valence-corrected chi connectivity index (χ3v) is 8.03. The van der Waals surface area contributed by atoms with Crippen LogP contribution in [0.4, 0.5) is 0 Å². The van der Waals surface area contributed by atoms with Crippen molar-refractivity contribution < 1.29 is 53.3 Å². The van der Waals surface area contributed by atoms with Crippen LogP contribution >= 0.6 is 0 Å².